The van der Waals surface area contributed by atoms with Crippen molar-refractivity contribution in [3.8, 4) is 17.6 Å². The van der Waals surface area contributed by atoms with Gasteiger partial charge in [-0.1, -0.05) is 6.07 Å². The van der Waals surface area contributed by atoms with Gasteiger partial charge in [0.2, 0.25) is 0 Å². The van der Waals surface area contributed by atoms with E-state index in [0.29, 0.717) is 67.3 Å². The van der Waals surface area contributed by atoms with E-state index in [4.69, 9.17) is 19.9 Å². The Balaban J connectivity index is 1.10. The first-order chi connectivity index (χ1) is 17.6. The molecule has 0 radical (unpaired) electrons. The summed E-state index contributed by atoms with van der Waals surface area (Å²) in [5.74, 6) is 1.89. The van der Waals surface area contributed by atoms with Crippen molar-refractivity contribution in [2.45, 2.75) is 25.4 Å². The van der Waals surface area contributed by atoms with Crippen LogP contribution in [0, 0.1) is 17.2 Å². The molecule has 0 bridgehead atoms. The molecule has 2 aliphatic heterocycles. The molecule has 1 fully saturated rings. The minimum Gasteiger partial charge on any atom is -0.491 e. The summed E-state index contributed by atoms with van der Waals surface area (Å²) in [5.41, 5.74) is 8.40. The lowest BCUT2D eigenvalue weighted by atomic mass is 10.0. The highest BCUT2D eigenvalue weighted by Crippen LogP contribution is 2.34. The van der Waals surface area contributed by atoms with Crippen LogP contribution >= 0.6 is 0 Å². The van der Waals surface area contributed by atoms with Crippen molar-refractivity contribution in [2.24, 2.45) is 11.7 Å². The molecule has 4 N–H and O–H groups in total. The molecule has 3 aliphatic rings. The summed E-state index contributed by atoms with van der Waals surface area (Å²) in [4.78, 5) is 29.8. The number of hydrogen-bond acceptors (Lipinski definition) is 9. The van der Waals surface area contributed by atoms with Crippen LogP contribution in [-0.2, 0) is 22.4 Å². The van der Waals surface area contributed by atoms with Gasteiger partial charge in [0.25, 0.3) is 5.91 Å². The van der Waals surface area contributed by atoms with Crippen molar-refractivity contribution in [3.63, 3.8) is 0 Å². The van der Waals surface area contributed by atoms with Crippen molar-refractivity contribution in [1.29, 1.82) is 5.26 Å². The molecule has 1 saturated heterocycles. The van der Waals surface area contributed by atoms with Crippen molar-refractivity contribution in [1.82, 2.24) is 10.3 Å². The molecule has 188 valence electrons. The van der Waals surface area contributed by atoms with Crippen LogP contribution in [0.3, 0.4) is 0 Å². The molecule has 0 saturated carbocycles. The van der Waals surface area contributed by atoms with Crippen LogP contribution in [0.2, 0.25) is 0 Å². The third kappa shape index (κ3) is 4.91. The van der Waals surface area contributed by atoms with E-state index >= 15 is 0 Å². The number of nitrogens with two attached hydrogens (primary N) is 1. The molecular weight excluding hydrogens is 464 g/mol. The Morgan fingerprint density at radius 1 is 1.28 bits per heavy atom. The number of anilines is 2. The zero-order chi connectivity index (χ0) is 25.1. The molecule has 0 spiro atoms. The highest BCUT2D eigenvalue weighted by Gasteiger charge is 2.34. The Bertz CT molecular complexity index is 1210. The number of nitrogens with zero attached hydrogens (tertiary/aromatic N) is 3. The van der Waals surface area contributed by atoms with Crippen LogP contribution in [0.1, 0.15) is 23.1 Å². The van der Waals surface area contributed by atoms with Crippen LogP contribution in [-0.4, -0.2) is 62.5 Å². The Kier molecular flexibility index (Phi) is 6.88. The number of nitrogens with one attached hydrogen (secondary N) is 2. The largest absolute Gasteiger partial charge is 0.491 e. The van der Waals surface area contributed by atoms with Gasteiger partial charge in [0.05, 0.1) is 12.1 Å². The zero-order valence-electron chi connectivity index (χ0n) is 19.8. The lowest BCUT2D eigenvalue weighted by Crippen LogP contribution is -2.30. The highest BCUT2D eigenvalue weighted by atomic mass is 16.6. The van der Waals surface area contributed by atoms with E-state index in [1.165, 1.54) is 10.5 Å². The molecule has 2 amide bonds. The average molecular weight is 493 g/mol. The normalized spacial score (nSPS) is 20.2. The first-order valence-electron chi connectivity index (χ1n) is 12.1. The number of ether oxygens (including phenoxy) is 3. The quantitative estimate of drug-likeness (QED) is 0.440. The maximum atomic E-state index is 12.4. The van der Waals surface area contributed by atoms with Crippen molar-refractivity contribution >= 4 is 23.6 Å². The predicted molar refractivity (Wildman–Crippen MR) is 130 cm³/mol. The van der Waals surface area contributed by atoms with Crippen LogP contribution in [0.25, 0.3) is 0 Å². The number of fused-ring (bicyclic) bond motifs is 2. The van der Waals surface area contributed by atoms with Gasteiger partial charge in [-0.3, -0.25) is 9.69 Å². The summed E-state index contributed by atoms with van der Waals surface area (Å²) in [7, 11) is 0. The van der Waals surface area contributed by atoms with Gasteiger partial charge in [0.1, 0.15) is 30.3 Å². The number of benzene rings is 1. The third-order valence-corrected chi connectivity index (χ3v) is 6.55. The standard InChI is InChI=1S/C25H28N6O5/c26-6-8-34-20-2-1-16-9-15(10-18(16)19(20)11-27)12-28-7-5-17-13-31(25(33)36-17)22-4-3-21-24(29-22)30-23(32)14-35-21/h1-4,15,17,28H,5-10,12-14,26H2,(H,29,30,32). The highest BCUT2D eigenvalue weighted by molar-refractivity contribution is 5.95. The second-order valence-electron chi connectivity index (χ2n) is 9.06. The van der Waals surface area contributed by atoms with Gasteiger partial charge in [-0.05, 0) is 67.6 Å². The maximum absolute atomic E-state index is 12.4. The van der Waals surface area contributed by atoms with E-state index in [2.05, 4.69) is 21.7 Å². The van der Waals surface area contributed by atoms with E-state index in [1.807, 2.05) is 12.1 Å². The van der Waals surface area contributed by atoms with Crippen LogP contribution in [0.4, 0.5) is 16.4 Å². The van der Waals surface area contributed by atoms with Gasteiger partial charge in [-0.2, -0.15) is 5.26 Å². The summed E-state index contributed by atoms with van der Waals surface area (Å²) in [6.45, 7) is 2.61. The molecule has 11 heteroatoms. The van der Waals surface area contributed by atoms with Gasteiger partial charge in [0, 0.05) is 6.54 Å². The summed E-state index contributed by atoms with van der Waals surface area (Å²) in [6, 6.07) is 9.57. The van der Waals surface area contributed by atoms with Crippen molar-refractivity contribution in [3.05, 3.63) is 41.0 Å². The minimum absolute atomic E-state index is 0.0501. The molecule has 3 heterocycles. The lowest BCUT2D eigenvalue weighted by molar-refractivity contribution is -0.118. The zero-order valence-corrected chi connectivity index (χ0v) is 19.8. The topological polar surface area (TPSA) is 152 Å². The number of cyclic esters (lactones) is 1. The van der Waals surface area contributed by atoms with Crippen molar-refractivity contribution < 1.29 is 23.8 Å². The fourth-order valence-corrected chi connectivity index (χ4v) is 4.85. The SMILES string of the molecule is N#Cc1c(OCCN)ccc2c1CC(CNCCC1CN(c3ccc4c(n3)NC(=O)CO4)C(=O)O1)C2. The van der Waals surface area contributed by atoms with Gasteiger partial charge in [-0.25, -0.2) is 9.78 Å². The number of nitriles is 1. The number of hydrogen-bond donors (Lipinski definition) is 3. The minimum atomic E-state index is -0.460. The molecule has 1 aromatic carbocycles. The number of aromatic nitrogens is 1. The fraction of sp³-hybridized carbons (Fsp3) is 0.440. The van der Waals surface area contributed by atoms with Crippen LogP contribution < -0.4 is 30.7 Å². The van der Waals surface area contributed by atoms with Gasteiger partial charge in [-0.15, -0.1) is 0 Å². The third-order valence-electron chi connectivity index (χ3n) is 6.55. The first kappa shape index (κ1) is 23.8. The summed E-state index contributed by atoms with van der Waals surface area (Å²) >= 11 is 0. The van der Waals surface area contributed by atoms with E-state index in [9.17, 15) is 14.9 Å². The second kappa shape index (κ2) is 10.4. The molecule has 36 heavy (non-hydrogen) atoms. The molecular formula is C25H28N6O5. The number of carbonyl (C=O) groups excluding carboxylic acids is 2. The average Bonchev–Trinajstić information content (AvgIpc) is 3.47. The number of pyridine rings is 1. The van der Waals surface area contributed by atoms with E-state index in [0.717, 1.165) is 24.9 Å². The number of rotatable bonds is 9. The molecule has 2 atom stereocenters. The number of amides is 2. The van der Waals surface area contributed by atoms with Crippen LogP contribution in [0.5, 0.6) is 11.5 Å². The number of carbonyl (C=O) groups is 2. The molecule has 1 aromatic heterocycles. The molecule has 5 rings (SSSR count). The van der Waals surface area contributed by atoms with E-state index in [1.54, 1.807) is 12.1 Å². The summed E-state index contributed by atoms with van der Waals surface area (Å²) in [5, 5.41) is 15.8. The van der Waals surface area contributed by atoms with E-state index in [-0.39, 0.29) is 18.6 Å². The lowest BCUT2D eigenvalue weighted by Gasteiger charge is -2.19. The van der Waals surface area contributed by atoms with Gasteiger partial charge >= 0.3 is 6.09 Å². The molecule has 1 aliphatic carbocycles. The Morgan fingerprint density at radius 3 is 3.00 bits per heavy atom. The van der Waals surface area contributed by atoms with E-state index < -0.39 is 6.09 Å². The van der Waals surface area contributed by atoms with Crippen molar-refractivity contribution in [2.75, 3.05) is 49.6 Å². The van der Waals surface area contributed by atoms with Crippen LogP contribution in [0.15, 0.2) is 24.3 Å². The first-order valence-corrected chi connectivity index (χ1v) is 12.1. The second-order valence-corrected chi connectivity index (χ2v) is 9.06. The molecule has 2 aromatic rings. The monoisotopic (exact) mass is 492 g/mol. The maximum Gasteiger partial charge on any atom is 0.415 e. The summed E-state index contributed by atoms with van der Waals surface area (Å²) in [6.07, 6.45) is 1.67. The predicted octanol–water partition coefficient (Wildman–Crippen LogP) is 1.34. The van der Waals surface area contributed by atoms with Gasteiger partial charge < -0.3 is 30.6 Å². The Labute approximate surface area is 208 Å². The summed E-state index contributed by atoms with van der Waals surface area (Å²) < 4.78 is 16.5. The smallest absolute Gasteiger partial charge is 0.415 e. The molecule has 11 nitrogen and oxygen atoms in total. The van der Waals surface area contributed by atoms with Gasteiger partial charge in [0.15, 0.2) is 18.2 Å². The Hall–Kier alpha value is -3.88. The Morgan fingerprint density at radius 2 is 2.17 bits per heavy atom. The molecule has 2 unspecified atom stereocenters. The fourth-order valence-electron chi connectivity index (χ4n) is 4.85.